The number of nitrogens with one attached hydrogen (secondary N) is 2. The number of hydrogen-bond acceptors (Lipinski definition) is 5. The van der Waals surface area contributed by atoms with E-state index in [-0.39, 0.29) is 24.3 Å². The molecule has 86 valence electrons. The molecule has 0 radical (unpaired) electrons. The van der Waals surface area contributed by atoms with Crippen molar-refractivity contribution in [2.75, 3.05) is 7.05 Å². The summed E-state index contributed by atoms with van der Waals surface area (Å²) in [5, 5.41) is 9.50. The highest BCUT2D eigenvalue weighted by atomic mass is 16.5. The third-order valence-electron chi connectivity index (χ3n) is 1.83. The van der Waals surface area contributed by atoms with Gasteiger partial charge >= 0.3 is 5.97 Å². The van der Waals surface area contributed by atoms with Crippen LogP contribution < -0.4 is 5.32 Å². The van der Waals surface area contributed by atoms with Gasteiger partial charge in [-0.1, -0.05) is 0 Å². The fourth-order valence-electron chi connectivity index (χ4n) is 1.05. The molecule has 0 saturated carbocycles. The van der Waals surface area contributed by atoms with Crippen LogP contribution in [0.15, 0.2) is 0 Å². The summed E-state index contributed by atoms with van der Waals surface area (Å²) in [5.41, 5.74) is 0. The van der Waals surface area contributed by atoms with Crippen LogP contribution in [0, 0.1) is 5.41 Å². The Hall–Kier alpha value is -1.23. The average molecular weight is 214 g/mol. The van der Waals surface area contributed by atoms with Gasteiger partial charge in [0.15, 0.2) is 5.78 Å². The molecule has 0 heterocycles. The van der Waals surface area contributed by atoms with Gasteiger partial charge in [-0.05, 0) is 27.3 Å². The zero-order valence-electron chi connectivity index (χ0n) is 9.37. The van der Waals surface area contributed by atoms with Crippen LogP contribution in [0.2, 0.25) is 0 Å². The van der Waals surface area contributed by atoms with Crippen LogP contribution in [0.4, 0.5) is 0 Å². The fourth-order valence-corrected chi connectivity index (χ4v) is 1.05. The normalized spacial score (nSPS) is 12.3. The number of hydrogen-bond donors (Lipinski definition) is 2. The van der Waals surface area contributed by atoms with E-state index in [1.54, 1.807) is 20.9 Å². The van der Waals surface area contributed by atoms with E-state index in [2.05, 4.69) is 5.32 Å². The first-order chi connectivity index (χ1) is 7.01. The zero-order chi connectivity index (χ0) is 11.8. The molecule has 0 fully saturated rings. The van der Waals surface area contributed by atoms with Gasteiger partial charge in [-0.25, -0.2) is 0 Å². The molecular weight excluding hydrogens is 196 g/mol. The molecular formula is C10H18N2O3. The number of carbonyl (C=O) groups is 2. The summed E-state index contributed by atoms with van der Waals surface area (Å²) in [7, 11) is 1.64. The number of rotatable bonds is 7. The first-order valence-corrected chi connectivity index (χ1v) is 4.92. The molecule has 0 rings (SSSR count). The Morgan fingerprint density at radius 3 is 2.47 bits per heavy atom. The third-order valence-corrected chi connectivity index (χ3v) is 1.83. The molecule has 0 aromatic heterocycles. The van der Waals surface area contributed by atoms with Gasteiger partial charge in [0, 0.05) is 6.42 Å². The summed E-state index contributed by atoms with van der Waals surface area (Å²) in [6, 6.07) is -0.476. The molecule has 2 N–H and O–H groups in total. The predicted molar refractivity (Wildman–Crippen MR) is 57.1 cm³/mol. The molecule has 5 heteroatoms. The highest BCUT2D eigenvalue weighted by Gasteiger charge is 2.19. The fraction of sp³-hybridized carbons (Fsp3) is 0.700. The Balaban J connectivity index is 4.06. The lowest BCUT2D eigenvalue weighted by atomic mass is 10.1. The summed E-state index contributed by atoms with van der Waals surface area (Å²) < 4.78 is 5.00. The minimum atomic E-state index is -0.476. The summed E-state index contributed by atoms with van der Waals surface area (Å²) in [4.78, 5) is 22.3. The molecule has 1 atom stereocenters. The third kappa shape index (κ3) is 5.96. The number of likely N-dealkylation sites (N-methyl/N-ethyl adjacent to an activating group) is 1. The minimum absolute atomic E-state index is 0.160. The van der Waals surface area contributed by atoms with Crippen molar-refractivity contribution in [2.45, 2.75) is 38.8 Å². The van der Waals surface area contributed by atoms with Crippen molar-refractivity contribution in [2.24, 2.45) is 0 Å². The van der Waals surface area contributed by atoms with Crippen LogP contribution in [-0.4, -0.2) is 37.2 Å². The molecule has 0 bridgehead atoms. The molecule has 0 amide bonds. The van der Waals surface area contributed by atoms with Gasteiger partial charge in [-0.2, -0.15) is 0 Å². The number of esters is 1. The summed E-state index contributed by atoms with van der Waals surface area (Å²) in [5.74, 6) is -0.641. The largest absolute Gasteiger partial charge is 0.462 e. The van der Waals surface area contributed by atoms with Crippen molar-refractivity contribution >= 4 is 18.0 Å². The Morgan fingerprint density at radius 2 is 2.07 bits per heavy atom. The van der Waals surface area contributed by atoms with Crippen LogP contribution in [0.5, 0.6) is 0 Å². The number of Topliss-reactive ketones (excluding diaryl/α,β-unsaturated/α-hetero) is 1. The molecule has 0 aliphatic heterocycles. The number of ether oxygens (including phenoxy) is 1. The van der Waals surface area contributed by atoms with Crippen molar-refractivity contribution in [3.63, 3.8) is 0 Å². The molecule has 0 aliphatic carbocycles. The van der Waals surface area contributed by atoms with E-state index in [1.165, 1.54) is 0 Å². The van der Waals surface area contributed by atoms with Crippen LogP contribution in [0.1, 0.15) is 26.7 Å². The molecule has 0 unspecified atom stereocenters. The number of ketones is 1. The van der Waals surface area contributed by atoms with Crippen LogP contribution in [-0.2, 0) is 14.3 Å². The molecule has 5 nitrogen and oxygen atoms in total. The van der Waals surface area contributed by atoms with Gasteiger partial charge in [0.1, 0.15) is 6.04 Å². The molecule has 0 saturated heterocycles. The van der Waals surface area contributed by atoms with E-state index in [0.717, 1.165) is 6.21 Å². The van der Waals surface area contributed by atoms with Crippen LogP contribution in [0.25, 0.3) is 0 Å². The minimum Gasteiger partial charge on any atom is -0.462 e. The Labute approximate surface area is 89.7 Å². The first-order valence-electron chi connectivity index (χ1n) is 4.92. The second kappa shape index (κ2) is 7.11. The van der Waals surface area contributed by atoms with E-state index in [1.807, 2.05) is 0 Å². The maximum atomic E-state index is 11.4. The zero-order valence-corrected chi connectivity index (χ0v) is 9.37. The monoisotopic (exact) mass is 214 g/mol. The highest BCUT2D eigenvalue weighted by Crippen LogP contribution is 2.02. The quantitative estimate of drug-likeness (QED) is 0.478. The molecule has 15 heavy (non-hydrogen) atoms. The second-order valence-corrected chi connectivity index (χ2v) is 3.48. The summed E-state index contributed by atoms with van der Waals surface area (Å²) >= 11 is 0. The van der Waals surface area contributed by atoms with Gasteiger partial charge in [0.2, 0.25) is 0 Å². The molecule has 0 aromatic carbocycles. The maximum absolute atomic E-state index is 11.4. The lowest BCUT2D eigenvalue weighted by Gasteiger charge is -2.16. The van der Waals surface area contributed by atoms with Gasteiger partial charge in [-0.3, -0.25) is 9.59 Å². The van der Waals surface area contributed by atoms with E-state index in [4.69, 9.17) is 10.1 Å². The SMILES string of the molecule is CN[C@@H](CCC(=O)C=N)C(=O)OC(C)C. The standard InChI is InChI=1S/C10H18N2O3/c1-7(2)15-10(14)9(12-3)5-4-8(13)6-11/h6-7,9,11-12H,4-5H2,1-3H3/t9-/m0/s1. The van der Waals surface area contributed by atoms with Gasteiger partial charge in [0.25, 0.3) is 0 Å². The molecule has 0 aliphatic rings. The predicted octanol–water partition coefficient (Wildman–Crippen LogP) is 0.525. The smallest absolute Gasteiger partial charge is 0.323 e. The van der Waals surface area contributed by atoms with Crippen molar-refractivity contribution in [1.82, 2.24) is 5.32 Å². The van der Waals surface area contributed by atoms with Gasteiger partial charge < -0.3 is 15.5 Å². The Bertz CT molecular complexity index is 239. The van der Waals surface area contributed by atoms with Gasteiger partial charge in [0.05, 0.1) is 12.3 Å². The first kappa shape index (κ1) is 13.8. The second-order valence-electron chi connectivity index (χ2n) is 3.48. The topological polar surface area (TPSA) is 79.3 Å². The Morgan fingerprint density at radius 1 is 1.47 bits per heavy atom. The summed E-state index contributed by atoms with van der Waals surface area (Å²) in [6.07, 6.45) is 1.14. The van der Waals surface area contributed by atoms with E-state index in [0.29, 0.717) is 6.42 Å². The van der Waals surface area contributed by atoms with Crippen LogP contribution >= 0.6 is 0 Å². The Kier molecular flexibility index (Phi) is 6.53. The van der Waals surface area contributed by atoms with Crippen molar-refractivity contribution in [1.29, 1.82) is 5.41 Å². The van der Waals surface area contributed by atoms with E-state index >= 15 is 0 Å². The number of carbonyl (C=O) groups excluding carboxylic acids is 2. The highest BCUT2D eigenvalue weighted by molar-refractivity contribution is 6.26. The van der Waals surface area contributed by atoms with Crippen LogP contribution in [0.3, 0.4) is 0 Å². The molecule has 0 spiro atoms. The molecule has 0 aromatic rings. The lowest BCUT2D eigenvalue weighted by Crippen LogP contribution is -2.37. The maximum Gasteiger partial charge on any atom is 0.323 e. The van der Waals surface area contributed by atoms with E-state index in [9.17, 15) is 9.59 Å². The van der Waals surface area contributed by atoms with Crippen molar-refractivity contribution < 1.29 is 14.3 Å². The average Bonchev–Trinajstić information content (AvgIpc) is 2.17. The van der Waals surface area contributed by atoms with E-state index < -0.39 is 6.04 Å². The van der Waals surface area contributed by atoms with Crippen molar-refractivity contribution in [3.05, 3.63) is 0 Å². The lowest BCUT2D eigenvalue weighted by molar-refractivity contribution is -0.150. The van der Waals surface area contributed by atoms with Crippen molar-refractivity contribution in [3.8, 4) is 0 Å². The summed E-state index contributed by atoms with van der Waals surface area (Å²) in [6.45, 7) is 3.54. The van der Waals surface area contributed by atoms with Gasteiger partial charge in [-0.15, -0.1) is 0 Å².